The standard InChI is InChI=1S/C3H9N.2HO3P/c3*1-4(2)3/h1-3H3;2*(H-,1,2,3)/p+2. The molecule has 9 heteroatoms. The van der Waals surface area contributed by atoms with Gasteiger partial charge in [-0.2, -0.15) is 0 Å². The first kappa shape index (κ1) is 17.9. The Bertz CT molecular complexity index is 105. The molecule has 0 aromatic heterocycles. The molecule has 0 aliphatic heterocycles. The smallest absolute Gasteiger partial charge is 0.312 e. The molecule has 12 heavy (non-hydrogen) atoms. The summed E-state index contributed by atoms with van der Waals surface area (Å²) in [6, 6.07) is 0. The van der Waals surface area contributed by atoms with E-state index in [4.69, 9.17) is 28.7 Å². The minimum Gasteiger partial charge on any atom is -0.312 e. The van der Waals surface area contributed by atoms with Gasteiger partial charge in [0.25, 0.3) is 0 Å². The fraction of sp³-hybridized carbons (Fsp3) is 1.00. The molecule has 0 atom stereocenters. The molecule has 0 aromatic rings. The molecule has 0 aromatic carbocycles. The van der Waals surface area contributed by atoms with Crippen molar-refractivity contribution in [2.24, 2.45) is 0 Å². The average molecular weight is 221 g/mol. The number of hydrogen-bond acceptors (Lipinski definition) is 3. The van der Waals surface area contributed by atoms with Crippen molar-refractivity contribution in [2.45, 2.75) is 0 Å². The van der Waals surface area contributed by atoms with Crippen LogP contribution in [0.1, 0.15) is 0 Å². The molecule has 74 valence electrons. The molecular weight excluding hydrogens is 208 g/mol. The topological polar surface area (TPSA) is 118 Å². The van der Waals surface area contributed by atoms with Crippen LogP contribution in [0.5, 0.6) is 0 Å². The summed E-state index contributed by atoms with van der Waals surface area (Å²) < 4.78 is 17.4. The van der Waals surface area contributed by atoms with Gasteiger partial charge in [0.05, 0.1) is 0 Å². The lowest BCUT2D eigenvalue weighted by atomic mass is 11.0. The zero-order valence-corrected chi connectivity index (χ0v) is 8.74. The van der Waals surface area contributed by atoms with Crippen LogP contribution in [0.3, 0.4) is 0 Å². The highest BCUT2D eigenvalue weighted by atomic mass is 31.1. The van der Waals surface area contributed by atoms with Gasteiger partial charge in [-0.3, -0.25) is 0 Å². The van der Waals surface area contributed by atoms with E-state index in [1.165, 1.54) is 0 Å². The van der Waals surface area contributed by atoms with Gasteiger partial charge in [-0.1, -0.05) is 0 Å². The second-order valence-corrected chi connectivity index (χ2v) is 2.86. The minimum absolute atomic E-state index is 2.00. The predicted molar refractivity (Wildman–Crippen MR) is 43.7 cm³/mol. The summed E-state index contributed by atoms with van der Waals surface area (Å²) in [7, 11) is 0.259. The van der Waals surface area contributed by atoms with Crippen molar-refractivity contribution in [1.82, 2.24) is 4.90 Å². The van der Waals surface area contributed by atoms with Gasteiger partial charge >= 0.3 is 16.5 Å². The molecule has 4 N–H and O–H groups in total. The quantitative estimate of drug-likeness (QED) is 0.404. The highest BCUT2D eigenvalue weighted by Crippen LogP contribution is 1.98. The van der Waals surface area contributed by atoms with Crippen LogP contribution >= 0.6 is 16.5 Å². The van der Waals surface area contributed by atoms with Crippen molar-refractivity contribution in [3.05, 3.63) is 0 Å². The summed E-state index contributed by atoms with van der Waals surface area (Å²) in [5.74, 6) is 0. The number of rotatable bonds is 0. The SMILES string of the molecule is CN(C)C.O=[P+](O)O.O=[P+](O)O. The zero-order valence-electron chi connectivity index (χ0n) is 6.95. The van der Waals surface area contributed by atoms with E-state index in [0.29, 0.717) is 0 Å². The Morgan fingerprint density at radius 2 is 0.833 bits per heavy atom. The zero-order chi connectivity index (χ0) is 10.7. The molecule has 0 amide bonds. The maximum absolute atomic E-state index is 8.70. The van der Waals surface area contributed by atoms with Crippen molar-refractivity contribution in [3.8, 4) is 0 Å². The molecule has 7 nitrogen and oxygen atoms in total. The van der Waals surface area contributed by atoms with Crippen LogP contribution < -0.4 is 0 Å². The molecular formula is C3H13NO6P2+2. The van der Waals surface area contributed by atoms with Gasteiger partial charge in [0.1, 0.15) is 0 Å². The molecule has 0 aliphatic carbocycles. The van der Waals surface area contributed by atoms with Crippen LogP contribution in [0, 0.1) is 0 Å². The van der Waals surface area contributed by atoms with Gasteiger partial charge in [-0.25, -0.2) is 0 Å². The third-order valence-electron chi connectivity index (χ3n) is 0. The Balaban J connectivity index is -0.000000101. The van der Waals surface area contributed by atoms with Crippen LogP contribution in [0.25, 0.3) is 0 Å². The second kappa shape index (κ2) is 13.6. The van der Waals surface area contributed by atoms with E-state index in [-0.39, 0.29) is 0 Å². The molecule has 0 saturated heterocycles. The van der Waals surface area contributed by atoms with Gasteiger partial charge in [0, 0.05) is 9.13 Å². The van der Waals surface area contributed by atoms with Crippen molar-refractivity contribution < 1.29 is 28.7 Å². The molecule has 0 heterocycles. The largest absolute Gasteiger partial charge is 0.692 e. The molecule has 0 radical (unpaired) electrons. The average Bonchev–Trinajstić information content (AvgIpc) is 1.54. The van der Waals surface area contributed by atoms with Gasteiger partial charge < -0.3 is 4.90 Å². The third kappa shape index (κ3) is 466999999999999990148073183141429248. The summed E-state index contributed by atoms with van der Waals surface area (Å²) in [6.45, 7) is 0. The van der Waals surface area contributed by atoms with Crippen molar-refractivity contribution in [2.75, 3.05) is 21.1 Å². The third-order valence-corrected chi connectivity index (χ3v) is 0. The van der Waals surface area contributed by atoms with E-state index >= 15 is 0 Å². The summed E-state index contributed by atoms with van der Waals surface area (Å²) in [4.78, 5) is 30.5. The summed E-state index contributed by atoms with van der Waals surface area (Å²) in [5.41, 5.74) is 0. The van der Waals surface area contributed by atoms with Crippen LogP contribution in [0.15, 0.2) is 0 Å². The van der Waals surface area contributed by atoms with Gasteiger partial charge in [0.2, 0.25) is 0 Å². The van der Waals surface area contributed by atoms with E-state index < -0.39 is 16.5 Å². The second-order valence-electron chi connectivity index (χ2n) is 1.85. The molecule has 0 bridgehead atoms. The molecule has 0 aliphatic rings. The van der Waals surface area contributed by atoms with E-state index in [0.717, 1.165) is 0 Å². The highest BCUT2D eigenvalue weighted by molar-refractivity contribution is 7.31. The number of hydrogen-bond donors (Lipinski definition) is 4. The fourth-order valence-corrected chi connectivity index (χ4v) is 0. The van der Waals surface area contributed by atoms with Crippen LogP contribution in [-0.4, -0.2) is 45.6 Å². The lowest BCUT2D eigenvalue weighted by Gasteiger charge is -1.90. The van der Waals surface area contributed by atoms with Gasteiger partial charge in [-0.15, -0.1) is 19.6 Å². The van der Waals surface area contributed by atoms with Crippen LogP contribution in [0.2, 0.25) is 0 Å². The predicted octanol–water partition coefficient (Wildman–Crippen LogP) is -0.565. The van der Waals surface area contributed by atoms with Gasteiger partial charge in [-0.05, 0) is 21.1 Å². The van der Waals surface area contributed by atoms with E-state index in [9.17, 15) is 0 Å². The first-order chi connectivity index (χ1) is 5.20. The van der Waals surface area contributed by atoms with Crippen molar-refractivity contribution in [1.29, 1.82) is 0 Å². The van der Waals surface area contributed by atoms with Crippen LogP contribution in [-0.2, 0) is 9.13 Å². The Hall–Kier alpha value is -0.0000000000000000416. The molecule has 0 fully saturated rings. The molecule has 0 rings (SSSR count). The molecule has 0 saturated carbocycles. The lowest BCUT2D eigenvalue weighted by Crippen LogP contribution is -1.99. The van der Waals surface area contributed by atoms with Gasteiger partial charge in [0.15, 0.2) is 0 Å². The minimum atomic E-state index is -2.87. The Morgan fingerprint density at radius 1 is 0.833 bits per heavy atom. The molecule has 0 unspecified atom stereocenters. The monoisotopic (exact) mass is 221 g/mol. The number of nitrogens with zero attached hydrogens (tertiary/aromatic N) is 1. The Morgan fingerprint density at radius 3 is 0.833 bits per heavy atom. The van der Waals surface area contributed by atoms with Crippen molar-refractivity contribution >= 4 is 16.5 Å². The Labute approximate surface area is 72.2 Å². The first-order valence-electron chi connectivity index (χ1n) is 2.51. The van der Waals surface area contributed by atoms with E-state index in [2.05, 4.69) is 0 Å². The highest BCUT2D eigenvalue weighted by Gasteiger charge is 1.93. The summed E-state index contributed by atoms with van der Waals surface area (Å²) in [6.07, 6.45) is 0. The molecule has 0 spiro atoms. The first-order valence-corrected chi connectivity index (χ1v) is 4.84. The normalized spacial score (nSPS) is 7.33. The van der Waals surface area contributed by atoms with E-state index in [1.54, 1.807) is 0 Å². The Kier molecular flexibility index (Phi) is 20.3. The fourth-order valence-electron chi connectivity index (χ4n) is 0. The summed E-state index contributed by atoms with van der Waals surface area (Å²) in [5, 5.41) is 0. The summed E-state index contributed by atoms with van der Waals surface area (Å²) >= 11 is 0. The maximum Gasteiger partial charge on any atom is 0.692 e. The van der Waals surface area contributed by atoms with Crippen molar-refractivity contribution in [3.63, 3.8) is 0 Å². The maximum atomic E-state index is 8.70. The van der Waals surface area contributed by atoms with Crippen LogP contribution in [0.4, 0.5) is 0 Å². The lowest BCUT2D eigenvalue weighted by molar-refractivity contribution is 0.403. The van der Waals surface area contributed by atoms with E-state index in [1.807, 2.05) is 26.0 Å².